The summed E-state index contributed by atoms with van der Waals surface area (Å²) < 4.78 is 9.26. The molecule has 0 radical (unpaired) electrons. The number of methoxy groups -OCH3 is 2. The summed E-state index contributed by atoms with van der Waals surface area (Å²) in [6.45, 7) is 0. The number of rotatable bonds is 4. The first kappa shape index (κ1) is 18.4. The zero-order valence-electron chi connectivity index (χ0n) is 14.1. The van der Waals surface area contributed by atoms with Gasteiger partial charge in [0.05, 0.1) is 31.0 Å². The minimum absolute atomic E-state index is 0.00122. The molecule has 1 fully saturated rings. The second kappa shape index (κ2) is 8.27. The number of benzene rings is 1. The Hall–Kier alpha value is -2.90. The van der Waals surface area contributed by atoms with Crippen LogP contribution < -0.4 is 10.6 Å². The lowest BCUT2D eigenvalue weighted by Gasteiger charge is -2.13. The van der Waals surface area contributed by atoms with Gasteiger partial charge in [0.15, 0.2) is 0 Å². The van der Waals surface area contributed by atoms with Gasteiger partial charge in [-0.2, -0.15) is 0 Å². The van der Waals surface area contributed by atoms with E-state index in [9.17, 15) is 19.2 Å². The third-order valence-corrected chi connectivity index (χ3v) is 3.99. The van der Waals surface area contributed by atoms with Crippen molar-refractivity contribution >= 4 is 29.4 Å². The lowest BCUT2D eigenvalue weighted by atomic mass is 10.1. The lowest BCUT2D eigenvalue weighted by molar-refractivity contribution is -0.136. The van der Waals surface area contributed by atoms with Crippen LogP contribution in [0.1, 0.15) is 46.4 Å². The topological polar surface area (TPSA) is 111 Å². The van der Waals surface area contributed by atoms with E-state index in [1.807, 2.05) is 0 Å². The summed E-state index contributed by atoms with van der Waals surface area (Å²) in [4.78, 5) is 47.6. The van der Waals surface area contributed by atoms with Gasteiger partial charge in [-0.1, -0.05) is 12.8 Å². The van der Waals surface area contributed by atoms with Crippen molar-refractivity contribution in [1.29, 1.82) is 0 Å². The molecule has 0 saturated heterocycles. The maximum Gasteiger partial charge on any atom is 0.339 e. The summed E-state index contributed by atoms with van der Waals surface area (Å²) in [7, 11) is 2.40. The molecule has 0 atom stereocenters. The maximum atomic E-state index is 12.1. The number of nitrogens with one attached hydrogen (secondary N) is 2. The van der Waals surface area contributed by atoms with Crippen LogP contribution in [0.4, 0.5) is 5.69 Å². The predicted octanol–water partition coefficient (Wildman–Crippen LogP) is 1.26. The number of anilines is 1. The fourth-order valence-electron chi connectivity index (χ4n) is 2.68. The molecule has 1 aromatic carbocycles. The molecule has 8 heteroatoms. The van der Waals surface area contributed by atoms with E-state index >= 15 is 0 Å². The second-order valence-corrected chi connectivity index (χ2v) is 5.65. The minimum atomic E-state index is -0.918. The monoisotopic (exact) mass is 348 g/mol. The molecular formula is C17H20N2O6. The summed E-state index contributed by atoms with van der Waals surface area (Å²) in [6, 6.07) is 3.94. The number of hydrogen-bond acceptors (Lipinski definition) is 6. The molecule has 0 unspecified atom stereocenters. The van der Waals surface area contributed by atoms with Gasteiger partial charge >= 0.3 is 23.8 Å². The van der Waals surface area contributed by atoms with E-state index < -0.39 is 23.8 Å². The highest BCUT2D eigenvalue weighted by atomic mass is 16.5. The van der Waals surface area contributed by atoms with Crippen LogP contribution in [0, 0.1) is 0 Å². The van der Waals surface area contributed by atoms with Crippen LogP contribution >= 0.6 is 0 Å². The first-order valence-corrected chi connectivity index (χ1v) is 7.88. The third-order valence-electron chi connectivity index (χ3n) is 3.99. The third kappa shape index (κ3) is 4.56. The van der Waals surface area contributed by atoms with Gasteiger partial charge in [-0.05, 0) is 31.0 Å². The van der Waals surface area contributed by atoms with Crippen molar-refractivity contribution in [3.8, 4) is 0 Å². The largest absolute Gasteiger partial charge is 0.465 e. The van der Waals surface area contributed by atoms with Crippen LogP contribution in [0.2, 0.25) is 0 Å². The Morgan fingerprint density at radius 1 is 0.960 bits per heavy atom. The quantitative estimate of drug-likeness (QED) is 0.626. The highest BCUT2D eigenvalue weighted by Gasteiger charge is 2.23. The molecule has 134 valence electrons. The van der Waals surface area contributed by atoms with Crippen molar-refractivity contribution in [3.05, 3.63) is 29.3 Å². The Balaban J connectivity index is 2.19. The number of hydrogen-bond donors (Lipinski definition) is 2. The van der Waals surface area contributed by atoms with Gasteiger partial charge in [-0.25, -0.2) is 9.59 Å². The molecule has 8 nitrogen and oxygen atoms in total. The first-order chi connectivity index (χ1) is 12.0. The summed E-state index contributed by atoms with van der Waals surface area (Å²) >= 11 is 0. The molecule has 0 bridgehead atoms. The van der Waals surface area contributed by atoms with Crippen molar-refractivity contribution in [2.24, 2.45) is 0 Å². The van der Waals surface area contributed by atoms with Crippen molar-refractivity contribution in [2.45, 2.75) is 31.7 Å². The van der Waals surface area contributed by atoms with Gasteiger partial charge in [0.1, 0.15) is 0 Å². The molecule has 0 spiro atoms. The van der Waals surface area contributed by atoms with Crippen LogP contribution in [0.5, 0.6) is 0 Å². The van der Waals surface area contributed by atoms with Crippen LogP contribution in [0.15, 0.2) is 18.2 Å². The Bertz CT molecular complexity index is 694. The fourth-order valence-corrected chi connectivity index (χ4v) is 2.68. The predicted molar refractivity (Wildman–Crippen MR) is 88.1 cm³/mol. The molecule has 1 saturated carbocycles. The summed E-state index contributed by atoms with van der Waals surface area (Å²) in [5.74, 6) is -3.05. The molecule has 0 heterocycles. The van der Waals surface area contributed by atoms with Crippen molar-refractivity contribution in [1.82, 2.24) is 5.32 Å². The average Bonchev–Trinajstić information content (AvgIpc) is 3.13. The van der Waals surface area contributed by atoms with E-state index in [0.717, 1.165) is 25.7 Å². The summed E-state index contributed by atoms with van der Waals surface area (Å²) in [5.41, 5.74) is 0.153. The van der Waals surface area contributed by atoms with Crippen molar-refractivity contribution in [3.63, 3.8) is 0 Å². The molecule has 2 N–H and O–H groups in total. The van der Waals surface area contributed by atoms with Gasteiger partial charge in [-0.15, -0.1) is 0 Å². The second-order valence-electron chi connectivity index (χ2n) is 5.65. The number of carbonyl (C=O) groups excluding carboxylic acids is 4. The Labute approximate surface area is 144 Å². The van der Waals surface area contributed by atoms with E-state index in [2.05, 4.69) is 20.1 Å². The molecule has 0 aliphatic heterocycles. The van der Waals surface area contributed by atoms with Gasteiger partial charge in [0, 0.05) is 6.04 Å². The zero-order chi connectivity index (χ0) is 18.4. The Morgan fingerprint density at radius 2 is 1.60 bits per heavy atom. The molecule has 0 aromatic heterocycles. The van der Waals surface area contributed by atoms with E-state index in [1.165, 1.54) is 32.4 Å². The maximum absolute atomic E-state index is 12.1. The summed E-state index contributed by atoms with van der Waals surface area (Å²) in [6.07, 6.45) is 3.70. The van der Waals surface area contributed by atoms with Crippen molar-refractivity contribution in [2.75, 3.05) is 19.5 Å². The minimum Gasteiger partial charge on any atom is -0.465 e. The Kier molecular flexibility index (Phi) is 6.10. The number of carbonyl (C=O) groups is 4. The molecular weight excluding hydrogens is 328 g/mol. The van der Waals surface area contributed by atoms with Crippen LogP contribution in [0.25, 0.3) is 0 Å². The van der Waals surface area contributed by atoms with E-state index in [-0.39, 0.29) is 22.9 Å². The molecule has 1 aromatic rings. The smallest absolute Gasteiger partial charge is 0.339 e. The van der Waals surface area contributed by atoms with E-state index in [1.54, 1.807) is 0 Å². The molecule has 2 rings (SSSR count). The fraction of sp³-hybridized carbons (Fsp3) is 0.412. The number of ether oxygens (including phenoxy) is 2. The molecule has 2 amide bonds. The van der Waals surface area contributed by atoms with Crippen LogP contribution in [0.3, 0.4) is 0 Å². The molecule has 25 heavy (non-hydrogen) atoms. The van der Waals surface area contributed by atoms with Gasteiger partial charge in [0.2, 0.25) is 0 Å². The van der Waals surface area contributed by atoms with Crippen LogP contribution in [-0.2, 0) is 19.1 Å². The van der Waals surface area contributed by atoms with E-state index in [4.69, 9.17) is 0 Å². The highest BCUT2D eigenvalue weighted by molar-refractivity contribution is 6.40. The first-order valence-electron chi connectivity index (χ1n) is 7.88. The van der Waals surface area contributed by atoms with Gasteiger partial charge in [0.25, 0.3) is 0 Å². The SMILES string of the molecule is COC(=O)c1ccc(C(=O)OC)c(NC(=O)C(=O)NC2CCCC2)c1. The van der Waals surface area contributed by atoms with Crippen LogP contribution in [-0.4, -0.2) is 44.0 Å². The molecule has 1 aliphatic rings. The van der Waals surface area contributed by atoms with Gasteiger partial charge < -0.3 is 20.1 Å². The zero-order valence-corrected chi connectivity index (χ0v) is 14.1. The summed E-state index contributed by atoms with van der Waals surface area (Å²) in [5, 5.41) is 5.01. The number of esters is 2. The normalized spacial score (nSPS) is 13.8. The highest BCUT2D eigenvalue weighted by Crippen LogP contribution is 2.20. The molecule has 1 aliphatic carbocycles. The van der Waals surface area contributed by atoms with E-state index in [0.29, 0.717) is 0 Å². The lowest BCUT2D eigenvalue weighted by Crippen LogP contribution is -2.40. The average molecular weight is 348 g/mol. The van der Waals surface area contributed by atoms with Gasteiger partial charge in [-0.3, -0.25) is 9.59 Å². The van der Waals surface area contributed by atoms with Crippen molar-refractivity contribution < 1.29 is 28.7 Å². The number of amides is 2. The Morgan fingerprint density at radius 3 is 2.20 bits per heavy atom. The standard InChI is InChI=1S/C17H20N2O6/c1-24-16(22)10-7-8-12(17(23)25-2)13(9-10)19-15(21)14(20)18-11-5-3-4-6-11/h7-9,11H,3-6H2,1-2H3,(H,18,20)(H,19,21).